The second kappa shape index (κ2) is 59.1. The Morgan fingerprint density at radius 3 is 1.28 bits per heavy atom. The van der Waals surface area contributed by atoms with E-state index >= 15 is 0 Å². The van der Waals surface area contributed by atoms with Gasteiger partial charge in [0, 0.05) is 12.8 Å². The van der Waals surface area contributed by atoms with Crippen LogP contribution in [0.25, 0.3) is 0 Å². The molecule has 1 heterocycles. The van der Waals surface area contributed by atoms with E-state index in [1.807, 2.05) is 6.08 Å². The maximum Gasteiger partial charge on any atom is 0.305 e. The average molecular weight is 1140 g/mol. The van der Waals surface area contributed by atoms with Crippen molar-refractivity contribution in [2.45, 2.75) is 352 Å². The Morgan fingerprint density at radius 1 is 0.457 bits per heavy atom. The number of esters is 1. The predicted molar refractivity (Wildman–Crippen MR) is 338 cm³/mol. The van der Waals surface area contributed by atoms with Gasteiger partial charge in [0.1, 0.15) is 24.4 Å². The Balaban J connectivity index is 2.00. The number of aliphatic hydroxyl groups excluding tert-OH is 5. The zero-order valence-electron chi connectivity index (χ0n) is 52.2. The second-order valence-electron chi connectivity index (χ2n) is 23.5. The van der Waals surface area contributed by atoms with Crippen molar-refractivity contribution < 1.29 is 49.3 Å². The number of ether oxygens (including phenoxy) is 3. The van der Waals surface area contributed by atoms with Crippen molar-refractivity contribution in [3.63, 3.8) is 0 Å². The van der Waals surface area contributed by atoms with Crippen LogP contribution in [0.3, 0.4) is 0 Å². The number of allylic oxidation sites excluding steroid dienone is 9. The molecule has 0 spiro atoms. The molecule has 0 aromatic carbocycles. The van der Waals surface area contributed by atoms with Crippen molar-refractivity contribution in [3.05, 3.63) is 60.8 Å². The molecule has 0 bridgehead atoms. The van der Waals surface area contributed by atoms with Crippen molar-refractivity contribution >= 4 is 11.9 Å². The molecule has 1 saturated heterocycles. The van der Waals surface area contributed by atoms with Crippen LogP contribution in [-0.2, 0) is 23.8 Å². The van der Waals surface area contributed by atoms with Gasteiger partial charge in [0.25, 0.3) is 0 Å². The molecular weight excluding hydrogens is 1010 g/mol. The smallest absolute Gasteiger partial charge is 0.305 e. The fourth-order valence-electron chi connectivity index (χ4n) is 10.4. The summed E-state index contributed by atoms with van der Waals surface area (Å²) in [4.78, 5) is 25.1. The lowest BCUT2D eigenvalue weighted by molar-refractivity contribution is -0.302. The maximum absolute atomic E-state index is 13.0. The van der Waals surface area contributed by atoms with Crippen molar-refractivity contribution in [1.29, 1.82) is 0 Å². The summed E-state index contributed by atoms with van der Waals surface area (Å²) < 4.78 is 16.7. The Bertz CT molecular complexity index is 1530. The number of hydrogen-bond acceptors (Lipinski definition) is 10. The van der Waals surface area contributed by atoms with Gasteiger partial charge in [0.05, 0.1) is 32.0 Å². The first kappa shape index (κ1) is 76.4. The molecule has 1 rings (SSSR count). The SMILES string of the molecule is CCCC/C=C\C/C=C\CCCCCCCC(=O)OCCCCCCCCCCC/C=C\C/C=C\CCCCCCCCCCCCCC(=O)NC(COC1OC(CO)C(O)C(O)C1O)C(O)/C=C/CCCCCCCCCCCC. The van der Waals surface area contributed by atoms with Crippen LogP contribution >= 0.6 is 0 Å². The fourth-order valence-corrected chi connectivity index (χ4v) is 10.4. The van der Waals surface area contributed by atoms with Crippen LogP contribution in [0.5, 0.6) is 0 Å². The summed E-state index contributed by atoms with van der Waals surface area (Å²) in [5, 5.41) is 54.4. The lowest BCUT2D eigenvalue weighted by Crippen LogP contribution is -2.60. The van der Waals surface area contributed by atoms with Gasteiger partial charge in [-0.05, 0) is 89.9 Å². The van der Waals surface area contributed by atoms with E-state index < -0.39 is 49.5 Å². The van der Waals surface area contributed by atoms with Gasteiger partial charge in [-0.15, -0.1) is 0 Å². The molecule has 0 aromatic rings. The van der Waals surface area contributed by atoms with Gasteiger partial charge < -0.3 is 45.1 Å². The minimum absolute atomic E-state index is 0.0140. The van der Waals surface area contributed by atoms with E-state index in [0.717, 1.165) is 83.5 Å². The Morgan fingerprint density at radius 2 is 0.840 bits per heavy atom. The number of carbonyl (C=O) groups is 2. The topological polar surface area (TPSA) is 175 Å². The highest BCUT2D eigenvalue weighted by atomic mass is 16.7. The maximum atomic E-state index is 13.0. The molecule has 11 nitrogen and oxygen atoms in total. The van der Waals surface area contributed by atoms with Gasteiger partial charge in [-0.2, -0.15) is 0 Å². The summed E-state index contributed by atoms with van der Waals surface area (Å²) >= 11 is 0. The molecule has 11 heteroatoms. The summed E-state index contributed by atoms with van der Waals surface area (Å²) in [6.07, 6.45) is 67.6. The first-order chi connectivity index (χ1) is 39.7. The minimum Gasteiger partial charge on any atom is -0.466 e. The average Bonchev–Trinajstić information content (AvgIpc) is 3.51. The molecule has 1 aliphatic rings. The first-order valence-corrected chi connectivity index (χ1v) is 34.1. The summed E-state index contributed by atoms with van der Waals surface area (Å²) in [6.45, 7) is 4.30. The van der Waals surface area contributed by atoms with Crippen LogP contribution in [0.2, 0.25) is 0 Å². The molecule has 7 unspecified atom stereocenters. The molecule has 81 heavy (non-hydrogen) atoms. The number of nitrogens with one attached hydrogen (secondary N) is 1. The standard InChI is InChI=1S/C70H127NO10/c1-3-5-7-9-11-13-15-17-34-38-42-46-50-54-58-66(75)79-59-55-51-47-43-39-35-32-30-28-26-24-22-20-18-19-21-23-25-27-29-31-33-37-41-45-49-53-57-65(74)71-62(61-80-70-69(78)68(77)67(76)64(60-72)81-70)63(73)56-52-48-44-40-36-16-14-12-10-8-6-4-2/h9,11,15,17-19,22,24,52,56,62-64,67-70,72-73,76-78H,3-8,10,12-14,16,20-21,23,25-51,53-55,57-61H2,1-2H3,(H,71,74)/b11-9-,17-15-,19-18-,24-22-,56-52+. The van der Waals surface area contributed by atoms with E-state index in [-0.39, 0.29) is 18.5 Å². The van der Waals surface area contributed by atoms with Crippen LogP contribution in [0.15, 0.2) is 60.8 Å². The van der Waals surface area contributed by atoms with Crippen molar-refractivity contribution in [2.24, 2.45) is 0 Å². The van der Waals surface area contributed by atoms with E-state index in [2.05, 4.69) is 67.8 Å². The van der Waals surface area contributed by atoms with E-state index in [9.17, 15) is 35.1 Å². The molecule has 0 saturated carbocycles. The fraction of sp³-hybridized carbons (Fsp3) is 0.829. The van der Waals surface area contributed by atoms with Gasteiger partial charge >= 0.3 is 5.97 Å². The highest BCUT2D eigenvalue weighted by Crippen LogP contribution is 2.23. The molecule has 7 atom stereocenters. The Hall–Kier alpha value is -2.64. The number of rotatable bonds is 59. The molecule has 1 aliphatic heterocycles. The summed E-state index contributed by atoms with van der Waals surface area (Å²) in [7, 11) is 0. The van der Waals surface area contributed by atoms with Gasteiger partial charge in [0.2, 0.25) is 5.91 Å². The number of amides is 1. The molecule has 0 aliphatic carbocycles. The highest BCUT2D eigenvalue weighted by molar-refractivity contribution is 5.76. The van der Waals surface area contributed by atoms with Gasteiger partial charge in [-0.1, -0.05) is 267 Å². The monoisotopic (exact) mass is 1140 g/mol. The largest absolute Gasteiger partial charge is 0.466 e. The quantitative estimate of drug-likeness (QED) is 0.0195. The minimum atomic E-state index is -1.57. The zero-order valence-corrected chi connectivity index (χ0v) is 52.2. The van der Waals surface area contributed by atoms with Crippen molar-refractivity contribution in [2.75, 3.05) is 19.8 Å². The number of carbonyl (C=O) groups excluding carboxylic acids is 2. The highest BCUT2D eigenvalue weighted by Gasteiger charge is 2.44. The summed E-state index contributed by atoms with van der Waals surface area (Å²) in [6, 6.07) is -0.813. The van der Waals surface area contributed by atoms with Crippen LogP contribution < -0.4 is 5.32 Å². The number of hydrogen-bond donors (Lipinski definition) is 6. The molecule has 6 N–H and O–H groups in total. The van der Waals surface area contributed by atoms with Crippen LogP contribution in [0.4, 0.5) is 0 Å². The molecular formula is C70H127NO10. The van der Waals surface area contributed by atoms with Crippen molar-refractivity contribution in [1.82, 2.24) is 5.32 Å². The molecule has 0 aromatic heterocycles. The van der Waals surface area contributed by atoms with E-state index in [0.29, 0.717) is 19.4 Å². The molecule has 1 fully saturated rings. The van der Waals surface area contributed by atoms with Crippen molar-refractivity contribution in [3.8, 4) is 0 Å². The van der Waals surface area contributed by atoms with Gasteiger partial charge in [-0.3, -0.25) is 9.59 Å². The summed E-state index contributed by atoms with van der Waals surface area (Å²) in [5.41, 5.74) is 0. The van der Waals surface area contributed by atoms with Gasteiger partial charge in [0.15, 0.2) is 6.29 Å². The molecule has 472 valence electrons. The van der Waals surface area contributed by atoms with Crippen LogP contribution in [-0.4, -0.2) is 100 Å². The lowest BCUT2D eigenvalue weighted by atomic mass is 9.99. The normalized spacial score (nSPS) is 18.6. The zero-order chi connectivity index (χ0) is 58.7. The second-order valence-corrected chi connectivity index (χ2v) is 23.5. The van der Waals surface area contributed by atoms with E-state index in [1.165, 1.54) is 199 Å². The van der Waals surface area contributed by atoms with E-state index in [4.69, 9.17) is 14.2 Å². The third kappa shape index (κ3) is 48.3. The van der Waals surface area contributed by atoms with Crippen LogP contribution in [0.1, 0.15) is 309 Å². The van der Waals surface area contributed by atoms with E-state index in [1.54, 1.807) is 6.08 Å². The van der Waals surface area contributed by atoms with Gasteiger partial charge in [-0.25, -0.2) is 0 Å². The first-order valence-electron chi connectivity index (χ1n) is 34.1. The third-order valence-corrected chi connectivity index (χ3v) is 15.8. The number of aliphatic hydroxyl groups is 5. The predicted octanol–water partition coefficient (Wildman–Crippen LogP) is 17.0. The lowest BCUT2D eigenvalue weighted by Gasteiger charge is -2.40. The Kier molecular flexibility index (Phi) is 55.7. The molecule has 1 amide bonds. The molecule has 0 radical (unpaired) electrons. The Labute approximate surface area is 497 Å². The number of unbranched alkanes of at least 4 members (excludes halogenated alkanes) is 37. The third-order valence-electron chi connectivity index (χ3n) is 15.8. The van der Waals surface area contributed by atoms with Crippen LogP contribution in [0, 0.1) is 0 Å². The summed E-state index contributed by atoms with van der Waals surface area (Å²) in [5.74, 6) is -0.199.